The second kappa shape index (κ2) is 8.73. The van der Waals surface area contributed by atoms with E-state index in [4.69, 9.17) is 9.47 Å². The summed E-state index contributed by atoms with van der Waals surface area (Å²) in [5, 5.41) is 2.78. The van der Waals surface area contributed by atoms with Crippen LogP contribution in [0.2, 0.25) is 0 Å². The minimum absolute atomic E-state index is 0.142. The third-order valence-electron chi connectivity index (χ3n) is 4.58. The Bertz CT molecular complexity index is 914. The van der Waals surface area contributed by atoms with Crippen molar-refractivity contribution in [3.63, 3.8) is 0 Å². The van der Waals surface area contributed by atoms with Gasteiger partial charge in [0.2, 0.25) is 0 Å². The van der Waals surface area contributed by atoms with E-state index in [1.807, 2.05) is 39.0 Å². The van der Waals surface area contributed by atoms with Gasteiger partial charge in [0.05, 0.1) is 12.7 Å². The lowest BCUT2D eigenvalue weighted by Gasteiger charge is -2.15. The molecule has 0 aliphatic rings. The molecule has 0 aliphatic carbocycles. The second-order valence-electron chi connectivity index (χ2n) is 6.68. The number of ether oxygens (including phenoxy) is 2. The molecule has 1 aromatic heterocycles. The number of benzene rings is 1. The van der Waals surface area contributed by atoms with E-state index in [9.17, 15) is 14.4 Å². The van der Waals surface area contributed by atoms with Crippen molar-refractivity contribution in [2.24, 2.45) is 0 Å². The molecule has 2 rings (SSSR count). The topological polar surface area (TPSA) is 97.5 Å². The average Bonchev–Trinajstić information content (AvgIpc) is 3.00. The van der Waals surface area contributed by atoms with Crippen molar-refractivity contribution < 1.29 is 23.9 Å². The van der Waals surface area contributed by atoms with Gasteiger partial charge in [0, 0.05) is 11.4 Å². The van der Waals surface area contributed by atoms with E-state index in [2.05, 4.69) is 10.3 Å². The number of hydrogen-bond acceptors (Lipinski definition) is 5. The van der Waals surface area contributed by atoms with Crippen molar-refractivity contribution >= 4 is 23.5 Å². The highest BCUT2D eigenvalue weighted by Crippen LogP contribution is 2.22. The lowest BCUT2D eigenvalue weighted by molar-refractivity contribution is -0.123. The Balaban J connectivity index is 2.16. The highest BCUT2D eigenvalue weighted by Gasteiger charge is 2.27. The van der Waals surface area contributed by atoms with Crippen molar-refractivity contribution in [2.75, 3.05) is 12.4 Å². The summed E-state index contributed by atoms with van der Waals surface area (Å²) < 4.78 is 10.1. The van der Waals surface area contributed by atoms with Crippen LogP contribution in [0, 0.1) is 20.8 Å². The molecule has 0 aliphatic heterocycles. The minimum atomic E-state index is -1.01. The van der Waals surface area contributed by atoms with Gasteiger partial charge in [0.15, 0.2) is 6.10 Å². The number of aromatic nitrogens is 1. The first-order valence-electron chi connectivity index (χ1n) is 9.08. The monoisotopic (exact) mass is 386 g/mol. The van der Waals surface area contributed by atoms with Crippen molar-refractivity contribution in [1.29, 1.82) is 0 Å². The molecule has 2 N–H and O–H groups in total. The van der Waals surface area contributed by atoms with Gasteiger partial charge in [-0.15, -0.1) is 0 Å². The van der Waals surface area contributed by atoms with Crippen LogP contribution in [0.4, 0.5) is 5.69 Å². The summed E-state index contributed by atoms with van der Waals surface area (Å²) >= 11 is 0. The smallest absolute Gasteiger partial charge is 0.355 e. The first-order chi connectivity index (χ1) is 13.2. The fourth-order valence-electron chi connectivity index (χ4n) is 2.88. The molecule has 1 amide bonds. The number of methoxy groups -OCH3 is 1. The predicted octanol–water partition coefficient (Wildman–Crippen LogP) is 3.47. The van der Waals surface area contributed by atoms with Gasteiger partial charge in [0.1, 0.15) is 5.69 Å². The van der Waals surface area contributed by atoms with Crippen LogP contribution in [0.5, 0.6) is 0 Å². The summed E-state index contributed by atoms with van der Waals surface area (Å²) in [6.45, 7) is 8.80. The number of amides is 1. The molecule has 1 aromatic carbocycles. The number of carbonyl (C=O) groups excluding carboxylic acids is 3. The van der Waals surface area contributed by atoms with Crippen molar-refractivity contribution in [3.05, 3.63) is 51.8 Å². The molecule has 28 heavy (non-hydrogen) atoms. The van der Waals surface area contributed by atoms with Crippen LogP contribution in [0.25, 0.3) is 0 Å². The molecule has 1 heterocycles. The second-order valence-corrected chi connectivity index (χ2v) is 6.68. The normalized spacial score (nSPS) is 11.6. The molecule has 0 spiro atoms. The molecule has 7 heteroatoms. The molecule has 150 valence electrons. The number of rotatable bonds is 6. The molecule has 0 bridgehead atoms. The Labute approximate surface area is 164 Å². The summed E-state index contributed by atoms with van der Waals surface area (Å²) in [5.74, 6) is -1.66. The van der Waals surface area contributed by atoms with Gasteiger partial charge < -0.3 is 19.8 Å². The van der Waals surface area contributed by atoms with Gasteiger partial charge in [-0.3, -0.25) is 4.79 Å². The molecule has 7 nitrogen and oxygen atoms in total. The van der Waals surface area contributed by atoms with Crippen LogP contribution >= 0.6 is 0 Å². The number of aryl methyl sites for hydroxylation is 3. The molecular formula is C21H26N2O5. The van der Waals surface area contributed by atoms with E-state index in [0.717, 1.165) is 11.1 Å². The zero-order valence-corrected chi connectivity index (χ0v) is 17.1. The fraction of sp³-hybridized carbons (Fsp3) is 0.381. The molecule has 0 fully saturated rings. The molecule has 0 saturated carbocycles. The predicted molar refractivity (Wildman–Crippen MR) is 106 cm³/mol. The fourth-order valence-corrected chi connectivity index (χ4v) is 2.88. The van der Waals surface area contributed by atoms with Crippen molar-refractivity contribution in [1.82, 2.24) is 4.98 Å². The third kappa shape index (κ3) is 4.42. The number of anilines is 1. The Hall–Kier alpha value is -3.09. The summed E-state index contributed by atoms with van der Waals surface area (Å²) in [7, 11) is 1.28. The van der Waals surface area contributed by atoms with Crippen molar-refractivity contribution in [3.8, 4) is 0 Å². The van der Waals surface area contributed by atoms with Gasteiger partial charge >= 0.3 is 11.9 Å². The van der Waals surface area contributed by atoms with Gasteiger partial charge in [-0.2, -0.15) is 0 Å². The lowest BCUT2D eigenvalue weighted by Crippen LogP contribution is -2.30. The van der Waals surface area contributed by atoms with Crippen LogP contribution in [0.1, 0.15) is 57.1 Å². The Morgan fingerprint density at radius 2 is 1.82 bits per heavy atom. The Morgan fingerprint density at radius 3 is 2.43 bits per heavy atom. The zero-order chi connectivity index (χ0) is 21.0. The molecular weight excluding hydrogens is 360 g/mol. The summed E-state index contributed by atoms with van der Waals surface area (Å²) in [6, 6.07) is 5.71. The van der Waals surface area contributed by atoms with Gasteiger partial charge in [-0.1, -0.05) is 19.1 Å². The quantitative estimate of drug-likeness (QED) is 0.741. The number of nitrogens with one attached hydrogen (secondary N) is 2. The highest BCUT2D eigenvalue weighted by atomic mass is 16.5. The standard InChI is InChI=1S/C21H26N2O5/c1-7-15-17(20(25)27-6)13(4)18(22-15)21(26)28-14(5)19(24)23-16-10-11(2)8-9-12(16)3/h8-10,14,22H,7H2,1-6H3,(H,23,24). The average molecular weight is 386 g/mol. The molecule has 1 unspecified atom stereocenters. The Kier molecular flexibility index (Phi) is 6.62. The number of carbonyl (C=O) groups is 3. The van der Waals surface area contributed by atoms with Crippen molar-refractivity contribution in [2.45, 2.75) is 47.1 Å². The van der Waals surface area contributed by atoms with Crippen LogP contribution in [-0.2, 0) is 20.7 Å². The van der Waals surface area contributed by atoms with Gasteiger partial charge in [-0.25, -0.2) is 9.59 Å². The highest BCUT2D eigenvalue weighted by molar-refractivity contribution is 6.00. The summed E-state index contributed by atoms with van der Waals surface area (Å²) in [6.07, 6.45) is -0.497. The van der Waals surface area contributed by atoms with Gasteiger partial charge in [0.25, 0.3) is 5.91 Å². The van der Waals surface area contributed by atoms with E-state index in [0.29, 0.717) is 28.9 Å². The van der Waals surface area contributed by atoms with Crippen LogP contribution in [-0.4, -0.2) is 36.0 Å². The maximum Gasteiger partial charge on any atom is 0.355 e. The number of aromatic amines is 1. The summed E-state index contributed by atoms with van der Waals surface area (Å²) in [5.41, 5.74) is 4.08. The lowest BCUT2D eigenvalue weighted by atomic mass is 10.1. The largest absolute Gasteiger partial charge is 0.465 e. The minimum Gasteiger partial charge on any atom is -0.465 e. The molecule has 2 aromatic rings. The molecule has 1 atom stereocenters. The number of H-pyrrole nitrogens is 1. The SMILES string of the molecule is CCc1[nH]c(C(=O)OC(C)C(=O)Nc2cc(C)ccc2C)c(C)c1C(=O)OC. The van der Waals surface area contributed by atoms with E-state index in [1.54, 1.807) is 6.92 Å². The maximum atomic E-state index is 12.6. The van der Waals surface area contributed by atoms with E-state index >= 15 is 0 Å². The number of esters is 2. The molecule has 0 saturated heterocycles. The third-order valence-corrected chi connectivity index (χ3v) is 4.58. The van der Waals surface area contributed by atoms with Crippen LogP contribution < -0.4 is 5.32 Å². The maximum absolute atomic E-state index is 12.6. The number of hydrogen-bond donors (Lipinski definition) is 2. The summed E-state index contributed by atoms with van der Waals surface area (Å²) in [4.78, 5) is 39.9. The van der Waals surface area contributed by atoms with Crippen LogP contribution in [0.15, 0.2) is 18.2 Å². The van der Waals surface area contributed by atoms with E-state index < -0.39 is 23.9 Å². The first-order valence-corrected chi connectivity index (χ1v) is 9.08. The Morgan fingerprint density at radius 1 is 1.14 bits per heavy atom. The van der Waals surface area contributed by atoms with E-state index in [-0.39, 0.29) is 5.69 Å². The molecule has 0 radical (unpaired) electrons. The first kappa shape index (κ1) is 21.2. The van der Waals surface area contributed by atoms with Gasteiger partial charge in [-0.05, 0) is 56.9 Å². The van der Waals surface area contributed by atoms with E-state index in [1.165, 1.54) is 14.0 Å². The zero-order valence-electron chi connectivity index (χ0n) is 17.1. The van der Waals surface area contributed by atoms with Crippen LogP contribution in [0.3, 0.4) is 0 Å².